The topological polar surface area (TPSA) is 34.4 Å². The number of pyridine rings is 1. The van der Waals surface area contributed by atoms with Gasteiger partial charge in [0.2, 0.25) is 5.43 Å². The van der Waals surface area contributed by atoms with E-state index in [9.17, 15) is 4.79 Å². The van der Waals surface area contributed by atoms with Crippen molar-refractivity contribution in [2.24, 2.45) is 0 Å². The predicted octanol–water partition coefficient (Wildman–Crippen LogP) is 3.14. The van der Waals surface area contributed by atoms with Gasteiger partial charge in [0, 0.05) is 0 Å². The highest BCUT2D eigenvalue weighted by molar-refractivity contribution is 5.82. The Kier molecular flexibility index (Phi) is 2.28. The smallest absolute Gasteiger partial charge is 0.224 e. The molecule has 98 valence electrons. The second kappa shape index (κ2) is 3.56. The molecule has 0 spiro atoms. The number of aromatic nitrogens is 2. The van der Waals surface area contributed by atoms with E-state index < -0.39 is 0 Å². The van der Waals surface area contributed by atoms with E-state index >= 15 is 0 Å². The van der Waals surface area contributed by atoms with Crippen molar-refractivity contribution in [3.8, 4) is 0 Å². The lowest BCUT2D eigenvalue weighted by Crippen LogP contribution is -2.15. The van der Waals surface area contributed by atoms with Crippen LogP contribution in [-0.2, 0) is 0 Å². The van der Waals surface area contributed by atoms with Gasteiger partial charge >= 0.3 is 0 Å². The molecule has 0 unspecified atom stereocenters. The molecule has 0 N–H and O–H groups in total. The van der Waals surface area contributed by atoms with E-state index in [2.05, 4.69) is 37.1 Å². The summed E-state index contributed by atoms with van der Waals surface area (Å²) >= 11 is 0. The van der Waals surface area contributed by atoms with Crippen LogP contribution in [0.15, 0.2) is 4.79 Å². The number of aryl methyl sites for hydroxylation is 5. The largest absolute Gasteiger partial charge is 0.290 e. The Morgan fingerprint density at radius 1 is 0.737 bits per heavy atom. The van der Waals surface area contributed by atoms with E-state index in [1.807, 2.05) is 6.92 Å². The van der Waals surface area contributed by atoms with E-state index in [1.54, 1.807) is 6.92 Å². The van der Waals surface area contributed by atoms with E-state index in [0.717, 1.165) is 22.2 Å². The molecule has 19 heavy (non-hydrogen) atoms. The monoisotopic (exact) mass is 254 g/mol. The van der Waals surface area contributed by atoms with Crippen molar-refractivity contribution in [3.05, 3.63) is 43.7 Å². The molecular formula is C16H18N2O. The van der Waals surface area contributed by atoms with E-state index in [-0.39, 0.29) is 5.43 Å². The fourth-order valence-corrected chi connectivity index (χ4v) is 3.04. The maximum absolute atomic E-state index is 12.5. The fraction of sp³-hybridized carbons (Fsp3) is 0.375. The third-order valence-electron chi connectivity index (χ3n) is 4.56. The first-order chi connectivity index (χ1) is 8.86. The average molecular weight is 254 g/mol. The molecule has 0 aliphatic carbocycles. The molecule has 3 aromatic heterocycles. The average Bonchev–Trinajstić information content (AvgIpc) is 2.61. The Bertz CT molecular complexity index is 888. The lowest BCUT2D eigenvalue weighted by atomic mass is 10.0. The summed E-state index contributed by atoms with van der Waals surface area (Å²) in [5.41, 5.74) is 9.41. The molecule has 0 aliphatic rings. The number of hydrogen-bond acceptors (Lipinski definition) is 2. The maximum Gasteiger partial charge on any atom is 0.224 e. The summed E-state index contributed by atoms with van der Waals surface area (Å²) in [7, 11) is 0. The van der Waals surface area contributed by atoms with Gasteiger partial charge in [-0.15, -0.1) is 0 Å². The summed E-state index contributed by atoms with van der Waals surface area (Å²) in [4.78, 5) is 17.0. The van der Waals surface area contributed by atoms with Crippen LogP contribution >= 0.6 is 0 Å². The van der Waals surface area contributed by atoms with Crippen LogP contribution in [-0.4, -0.2) is 9.38 Å². The zero-order chi connectivity index (χ0) is 14.1. The van der Waals surface area contributed by atoms with Crippen molar-refractivity contribution in [1.29, 1.82) is 0 Å². The molecule has 0 fully saturated rings. The molecule has 0 saturated carbocycles. The molecule has 0 saturated heterocycles. The maximum atomic E-state index is 12.5. The van der Waals surface area contributed by atoms with E-state index in [0.29, 0.717) is 5.69 Å². The van der Waals surface area contributed by atoms with Crippen LogP contribution in [0.5, 0.6) is 0 Å². The highest BCUT2D eigenvalue weighted by Crippen LogP contribution is 2.31. The molecule has 0 bridgehead atoms. The Labute approximate surface area is 112 Å². The summed E-state index contributed by atoms with van der Waals surface area (Å²) in [5, 5.41) is 0. The third-order valence-corrected chi connectivity index (χ3v) is 4.56. The Hall–Kier alpha value is -1.90. The second-order valence-electron chi connectivity index (χ2n) is 5.51. The second-order valence-corrected chi connectivity index (χ2v) is 5.51. The van der Waals surface area contributed by atoms with Crippen LogP contribution < -0.4 is 5.43 Å². The van der Waals surface area contributed by atoms with Gasteiger partial charge in [-0.25, -0.2) is 4.98 Å². The summed E-state index contributed by atoms with van der Waals surface area (Å²) in [6.07, 6.45) is 0. The van der Waals surface area contributed by atoms with Crippen LogP contribution in [0.4, 0.5) is 0 Å². The highest BCUT2D eigenvalue weighted by atomic mass is 16.1. The van der Waals surface area contributed by atoms with Crippen molar-refractivity contribution in [2.75, 3.05) is 0 Å². The zero-order valence-corrected chi connectivity index (χ0v) is 12.3. The molecule has 0 amide bonds. The summed E-state index contributed by atoms with van der Waals surface area (Å²) < 4.78 is 2.05. The minimum atomic E-state index is 0.0492. The minimum Gasteiger partial charge on any atom is -0.290 e. The van der Waals surface area contributed by atoms with Gasteiger partial charge in [-0.05, 0) is 69.4 Å². The number of nitrogens with zero attached hydrogens (tertiary/aromatic N) is 2. The van der Waals surface area contributed by atoms with Gasteiger partial charge in [0.25, 0.3) is 0 Å². The number of rotatable bonds is 0. The Balaban J connectivity index is 2.86. The quantitative estimate of drug-likeness (QED) is 0.617. The van der Waals surface area contributed by atoms with Crippen molar-refractivity contribution >= 4 is 16.7 Å². The number of hydrogen-bond donors (Lipinski definition) is 0. The van der Waals surface area contributed by atoms with Crippen LogP contribution in [0.3, 0.4) is 0 Å². The molecule has 0 radical (unpaired) electrons. The van der Waals surface area contributed by atoms with Crippen molar-refractivity contribution in [3.63, 3.8) is 0 Å². The first-order valence-electron chi connectivity index (χ1n) is 6.57. The molecule has 3 aromatic rings. The molecule has 0 aromatic carbocycles. The van der Waals surface area contributed by atoms with Crippen LogP contribution in [0.25, 0.3) is 16.7 Å². The Morgan fingerprint density at radius 3 is 1.89 bits per heavy atom. The van der Waals surface area contributed by atoms with Crippen molar-refractivity contribution < 1.29 is 0 Å². The SMILES string of the molecule is Cc1c(C)c2c(C)c(C)c3nc(C)c(=O)c(c1C)n32. The third kappa shape index (κ3) is 1.28. The van der Waals surface area contributed by atoms with Gasteiger partial charge in [0.05, 0.1) is 11.2 Å². The molecule has 3 heteroatoms. The van der Waals surface area contributed by atoms with Gasteiger partial charge < -0.3 is 0 Å². The van der Waals surface area contributed by atoms with Crippen LogP contribution in [0, 0.1) is 41.5 Å². The molecular weight excluding hydrogens is 236 g/mol. The first-order valence-corrected chi connectivity index (χ1v) is 6.57. The van der Waals surface area contributed by atoms with Gasteiger partial charge in [-0.1, -0.05) is 0 Å². The summed E-state index contributed by atoms with van der Waals surface area (Å²) in [5.74, 6) is 0. The fourth-order valence-electron chi connectivity index (χ4n) is 3.04. The van der Waals surface area contributed by atoms with Gasteiger partial charge in [0.15, 0.2) is 0 Å². The minimum absolute atomic E-state index is 0.0492. The van der Waals surface area contributed by atoms with Crippen LogP contribution in [0.2, 0.25) is 0 Å². The first kappa shape index (κ1) is 12.2. The molecule has 3 nitrogen and oxygen atoms in total. The van der Waals surface area contributed by atoms with E-state index in [4.69, 9.17) is 0 Å². The molecule has 3 rings (SSSR count). The Morgan fingerprint density at radius 2 is 1.26 bits per heavy atom. The van der Waals surface area contributed by atoms with Gasteiger partial charge in [0.1, 0.15) is 11.2 Å². The van der Waals surface area contributed by atoms with Gasteiger partial charge in [-0.3, -0.25) is 9.20 Å². The lowest BCUT2D eigenvalue weighted by molar-refractivity contribution is 1.09. The lowest BCUT2D eigenvalue weighted by Gasteiger charge is -2.13. The molecule has 3 heterocycles. The van der Waals surface area contributed by atoms with Gasteiger partial charge in [-0.2, -0.15) is 0 Å². The summed E-state index contributed by atoms with van der Waals surface area (Å²) in [6, 6.07) is 0. The molecule has 0 aliphatic heterocycles. The van der Waals surface area contributed by atoms with E-state index in [1.165, 1.54) is 22.3 Å². The zero-order valence-electron chi connectivity index (χ0n) is 12.3. The highest BCUT2D eigenvalue weighted by Gasteiger charge is 2.20. The van der Waals surface area contributed by atoms with Crippen molar-refractivity contribution in [2.45, 2.75) is 41.5 Å². The van der Waals surface area contributed by atoms with Crippen LogP contribution in [0.1, 0.15) is 33.5 Å². The molecule has 0 atom stereocenters. The summed E-state index contributed by atoms with van der Waals surface area (Å²) in [6.45, 7) is 12.2. The van der Waals surface area contributed by atoms with Crippen molar-refractivity contribution in [1.82, 2.24) is 9.38 Å². The normalized spacial score (nSPS) is 11.9. The predicted molar refractivity (Wildman–Crippen MR) is 78.6 cm³/mol. The standard InChI is InChI=1S/C16H18N2O/c1-7-8(2)13-10(4)11(5)16-17-12(6)15(19)14(9(7)3)18(13)16/h1-6H3.